The Morgan fingerprint density at radius 2 is 2.19 bits per heavy atom. The average molecular weight is 512 g/mol. The van der Waals surface area contributed by atoms with E-state index in [1.54, 1.807) is 19.2 Å². The summed E-state index contributed by atoms with van der Waals surface area (Å²) in [5.41, 5.74) is 12.8. The van der Waals surface area contributed by atoms with Gasteiger partial charge in [0.15, 0.2) is 5.84 Å². The van der Waals surface area contributed by atoms with E-state index in [1.807, 2.05) is 0 Å². The van der Waals surface area contributed by atoms with Gasteiger partial charge < -0.3 is 26.0 Å². The third kappa shape index (κ3) is 4.98. The van der Waals surface area contributed by atoms with Gasteiger partial charge in [-0.25, -0.2) is 9.98 Å². The van der Waals surface area contributed by atoms with Gasteiger partial charge in [0.1, 0.15) is 30.5 Å². The molecule has 2 aliphatic heterocycles. The molecule has 1 aliphatic carbocycles. The predicted octanol–water partition coefficient (Wildman–Crippen LogP) is 2.18. The van der Waals surface area contributed by atoms with E-state index in [2.05, 4.69) is 30.9 Å². The van der Waals surface area contributed by atoms with E-state index >= 15 is 0 Å². The maximum absolute atomic E-state index is 11.1. The fourth-order valence-corrected chi connectivity index (χ4v) is 3.88. The van der Waals surface area contributed by atoms with Crippen molar-refractivity contribution in [2.75, 3.05) is 6.61 Å². The molecule has 1 aromatic rings. The number of aliphatic hydroxyl groups excluding tert-OH is 1. The summed E-state index contributed by atoms with van der Waals surface area (Å²) in [6.07, 6.45) is 4.11. The van der Waals surface area contributed by atoms with Crippen LogP contribution in [0.1, 0.15) is 31.4 Å². The summed E-state index contributed by atoms with van der Waals surface area (Å²) in [7, 11) is 0. The summed E-state index contributed by atoms with van der Waals surface area (Å²) < 4.78 is 12.3. The Morgan fingerprint density at radius 3 is 2.81 bits per heavy atom. The highest BCUT2D eigenvalue weighted by molar-refractivity contribution is 9.12. The van der Waals surface area contributed by atoms with Crippen LogP contribution in [0.4, 0.5) is 5.69 Å². The summed E-state index contributed by atoms with van der Waals surface area (Å²) in [5.74, 6) is 0.885. The Balaban J connectivity index is 1.71. The van der Waals surface area contributed by atoms with E-state index in [0.717, 1.165) is 18.5 Å². The Labute approximate surface area is 193 Å². The lowest BCUT2D eigenvalue weighted by Crippen LogP contribution is -2.66. The summed E-state index contributed by atoms with van der Waals surface area (Å²) >= 11 is 9.46. The van der Waals surface area contributed by atoms with Crippen molar-refractivity contribution in [3.05, 3.63) is 33.7 Å². The van der Waals surface area contributed by atoms with Crippen LogP contribution in [0.2, 0.25) is 5.02 Å². The number of amidine groups is 2. The van der Waals surface area contributed by atoms with Crippen molar-refractivity contribution in [1.29, 1.82) is 0 Å². The van der Waals surface area contributed by atoms with Crippen LogP contribution in [0.15, 0.2) is 37.9 Å². The lowest BCUT2D eigenvalue weighted by atomic mass is 9.89. The molecule has 31 heavy (non-hydrogen) atoms. The Hall–Kier alpha value is -1.85. The minimum atomic E-state index is -1.06. The monoisotopic (exact) mass is 510 g/mol. The van der Waals surface area contributed by atoms with Gasteiger partial charge in [-0.15, -0.1) is 0 Å². The smallest absolute Gasteiger partial charge is 0.162 e. The molecule has 1 saturated carbocycles. The van der Waals surface area contributed by atoms with Gasteiger partial charge in [0.2, 0.25) is 0 Å². The molecule has 3 fully saturated rings. The van der Waals surface area contributed by atoms with Crippen LogP contribution >= 0.6 is 27.5 Å². The van der Waals surface area contributed by atoms with Crippen LogP contribution in [0, 0.1) is 0 Å². The second-order valence-corrected chi connectivity index (χ2v) is 9.11. The van der Waals surface area contributed by atoms with Crippen LogP contribution in [-0.4, -0.2) is 65.0 Å². The van der Waals surface area contributed by atoms with E-state index in [9.17, 15) is 5.11 Å². The van der Waals surface area contributed by atoms with Crippen molar-refractivity contribution in [1.82, 2.24) is 4.98 Å². The van der Waals surface area contributed by atoms with Gasteiger partial charge in [0.05, 0.1) is 33.3 Å². The second-order valence-electron chi connectivity index (χ2n) is 7.76. The third-order valence-corrected chi connectivity index (χ3v) is 5.95. The first-order chi connectivity index (χ1) is 14.9. The molecule has 0 bridgehead atoms. The summed E-state index contributed by atoms with van der Waals surface area (Å²) in [6, 6.07) is 1.16. The molecule has 1 aromatic heterocycles. The first-order valence-electron chi connectivity index (χ1n) is 9.98. The van der Waals surface area contributed by atoms with Crippen molar-refractivity contribution in [2.45, 2.75) is 56.1 Å². The molecule has 0 radical (unpaired) electrons. The maximum Gasteiger partial charge on any atom is 0.162 e. The molecule has 2 saturated heterocycles. The number of fused-ring (bicyclic) bond motifs is 1. The molecular weight excluding hydrogens is 488 g/mol. The van der Waals surface area contributed by atoms with Gasteiger partial charge in [-0.3, -0.25) is 9.98 Å². The molecule has 4 rings (SSSR count). The Bertz CT molecular complexity index is 960. The Morgan fingerprint density at radius 1 is 1.42 bits per heavy atom. The van der Waals surface area contributed by atoms with E-state index in [1.165, 1.54) is 12.4 Å². The van der Waals surface area contributed by atoms with Crippen molar-refractivity contribution in [3.8, 4) is 0 Å². The zero-order valence-electron chi connectivity index (χ0n) is 16.9. The number of hydrogen-bond donors (Lipinski definition) is 3. The molecule has 3 aliphatic rings. The molecule has 0 amide bonds. The lowest BCUT2D eigenvalue weighted by molar-refractivity contribution is -0.255. The molecule has 5 N–H and O–H groups in total. The molecule has 5 unspecified atom stereocenters. The molecule has 166 valence electrons. The van der Waals surface area contributed by atoms with E-state index in [0.29, 0.717) is 33.6 Å². The van der Waals surface area contributed by atoms with Crippen LogP contribution in [0.5, 0.6) is 0 Å². The van der Waals surface area contributed by atoms with E-state index in [-0.39, 0.29) is 18.0 Å². The molecule has 0 spiro atoms. The number of ether oxygens (including phenoxy) is 2. The van der Waals surface area contributed by atoms with Crippen LogP contribution in [0.3, 0.4) is 0 Å². The highest BCUT2D eigenvalue weighted by Gasteiger charge is 2.52. The van der Waals surface area contributed by atoms with Crippen molar-refractivity contribution < 1.29 is 14.6 Å². The van der Waals surface area contributed by atoms with Crippen LogP contribution < -0.4 is 11.5 Å². The topological polar surface area (TPSA) is 141 Å². The second kappa shape index (κ2) is 9.33. The van der Waals surface area contributed by atoms with Gasteiger partial charge in [-0.05, 0) is 41.8 Å². The van der Waals surface area contributed by atoms with Crippen molar-refractivity contribution in [3.63, 3.8) is 0 Å². The highest BCUT2D eigenvalue weighted by atomic mass is 79.9. The molecule has 9 nitrogen and oxygen atoms in total. The quantitative estimate of drug-likeness (QED) is 0.409. The standard InChI is InChI=1S/C20H24BrClN6O3/c1-9(24)27-20(28-13-4-12(22)7-26-15(13)10-2-3-10)19-17(29)16(25-6-11(21)5-23)18-14(31-19)8-30-18/h4-7,10,14,16-19,29H,2-3,8,23H2,1H3,(H2,24,27,28). The van der Waals surface area contributed by atoms with Gasteiger partial charge >= 0.3 is 0 Å². The maximum atomic E-state index is 11.1. The number of halogens is 2. The van der Waals surface area contributed by atoms with E-state index in [4.69, 9.17) is 37.5 Å². The number of aliphatic hydroxyl groups is 1. The zero-order chi connectivity index (χ0) is 22.1. The number of allylic oxidation sites excluding steroid dienone is 1. The number of nitrogens with zero attached hydrogens (tertiary/aromatic N) is 4. The zero-order valence-corrected chi connectivity index (χ0v) is 19.2. The summed E-state index contributed by atoms with van der Waals surface area (Å²) in [5, 5.41) is 11.6. The number of aromatic nitrogens is 1. The van der Waals surface area contributed by atoms with Gasteiger partial charge in [-0.1, -0.05) is 11.6 Å². The molecule has 0 aromatic carbocycles. The minimum Gasteiger partial charge on any atom is -0.404 e. The van der Waals surface area contributed by atoms with Crippen LogP contribution in [0.25, 0.3) is 0 Å². The van der Waals surface area contributed by atoms with Gasteiger partial charge in [0, 0.05) is 24.5 Å². The SMILES string of the molecule is CC(N)=NC(=Nc1cc(Cl)cnc1C1CC1)C1OC2COC2C(N=CC(Br)=CN)C1O. The number of nitrogens with two attached hydrogens (primary N) is 2. The Kier molecular flexibility index (Phi) is 6.73. The fourth-order valence-electron chi connectivity index (χ4n) is 3.61. The lowest BCUT2D eigenvalue weighted by Gasteiger charge is -2.48. The van der Waals surface area contributed by atoms with Gasteiger partial charge in [0.25, 0.3) is 0 Å². The average Bonchev–Trinajstić information content (AvgIpc) is 3.53. The minimum absolute atomic E-state index is 0.241. The molecule has 11 heteroatoms. The third-order valence-electron chi connectivity index (χ3n) is 5.28. The molecule has 5 atom stereocenters. The van der Waals surface area contributed by atoms with E-state index < -0.39 is 18.2 Å². The molecular formula is C20H24BrClN6O3. The predicted molar refractivity (Wildman–Crippen MR) is 123 cm³/mol. The normalized spacial score (nSPS) is 32.1. The van der Waals surface area contributed by atoms with Crippen LogP contribution in [-0.2, 0) is 9.47 Å². The number of rotatable bonds is 5. The van der Waals surface area contributed by atoms with Gasteiger partial charge in [-0.2, -0.15) is 0 Å². The number of hydrogen-bond acceptors (Lipinski definition) is 7. The largest absolute Gasteiger partial charge is 0.404 e. The van der Waals surface area contributed by atoms with Crippen molar-refractivity contribution in [2.24, 2.45) is 26.4 Å². The fraction of sp³-hybridized carbons (Fsp3) is 0.500. The highest BCUT2D eigenvalue weighted by Crippen LogP contribution is 2.44. The number of pyridine rings is 1. The molecule has 3 heterocycles. The summed E-state index contributed by atoms with van der Waals surface area (Å²) in [6.45, 7) is 2.05. The van der Waals surface area contributed by atoms with Crippen molar-refractivity contribution >= 4 is 51.1 Å². The number of aliphatic imine (C=N–C) groups is 3. The first kappa shape index (κ1) is 22.3. The summed E-state index contributed by atoms with van der Waals surface area (Å²) in [4.78, 5) is 18.0. The first-order valence-corrected chi connectivity index (χ1v) is 11.1.